The van der Waals surface area contributed by atoms with E-state index in [0.717, 1.165) is 179 Å². The number of aromatic nitrogens is 8. The molecule has 10 heterocycles. The summed E-state index contributed by atoms with van der Waals surface area (Å²) in [5, 5.41) is 0. The fourth-order valence-corrected chi connectivity index (χ4v) is 14.8. The second-order valence-electron chi connectivity index (χ2n) is 25.1. The van der Waals surface area contributed by atoms with E-state index >= 15 is 0 Å². The van der Waals surface area contributed by atoms with Crippen LogP contribution < -0.4 is 0 Å². The lowest BCUT2D eigenvalue weighted by atomic mass is 9.92. The van der Waals surface area contributed by atoms with Gasteiger partial charge in [0.05, 0.1) is 45.6 Å². The molecule has 10 heteroatoms. The smallest absolute Gasteiger partial charge is 0.0737 e. The minimum atomic E-state index is 0.854. The van der Waals surface area contributed by atoms with Gasteiger partial charge in [-0.3, -0.25) is 0 Å². The molecule has 0 fully saturated rings. The van der Waals surface area contributed by atoms with Crippen LogP contribution in [0.4, 0.5) is 0 Å². The van der Waals surface area contributed by atoms with Crippen molar-refractivity contribution in [1.82, 2.24) is 39.9 Å². The number of fused-ring (bicyclic) bond motifs is 16. The topological polar surface area (TPSA) is 115 Å². The van der Waals surface area contributed by atoms with Crippen LogP contribution in [0.15, 0.2) is 192 Å². The maximum absolute atomic E-state index is 5.55. The van der Waals surface area contributed by atoms with Crippen LogP contribution in [0.5, 0.6) is 0 Å². The summed E-state index contributed by atoms with van der Waals surface area (Å²) in [7, 11) is 0. The predicted molar refractivity (Wildman–Crippen MR) is 416 cm³/mol. The van der Waals surface area contributed by atoms with Crippen LogP contribution in [0.3, 0.4) is 0 Å². The second-order valence-corrected chi connectivity index (χ2v) is 26.9. The number of nitrogens with one attached hydrogen (secondary N) is 4. The van der Waals surface area contributed by atoms with Crippen molar-refractivity contribution in [3.8, 4) is 90.4 Å². The summed E-state index contributed by atoms with van der Waals surface area (Å²) >= 11 is 3.46. The molecule has 0 saturated heterocycles. The normalized spacial score (nSPS) is 12.0. The molecule has 4 N–H and O–H groups in total. The molecule has 0 amide bonds. The molecule has 0 saturated carbocycles. The molecule has 470 valence electrons. The monoisotopic (exact) mass is 1300 g/mol. The first kappa shape index (κ1) is 61.2. The summed E-state index contributed by atoms with van der Waals surface area (Å²) in [6, 6.07) is 64.9. The molecule has 4 aliphatic rings. The van der Waals surface area contributed by atoms with Crippen molar-refractivity contribution in [2.75, 3.05) is 12.5 Å². The van der Waals surface area contributed by atoms with Crippen molar-refractivity contribution in [3.63, 3.8) is 0 Å². The first-order chi connectivity index (χ1) is 47.9. The highest BCUT2D eigenvalue weighted by Crippen LogP contribution is 2.42. The minimum absolute atomic E-state index is 0.854. The van der Waals surface area contributed by atoms with E-state index in [-0.39, 0.29) is 0 Å². The van der Waals surface area contributed by atoms with E-state index in [9.17, 15) is 0 Å². The SMILES string of the molecule is CC#Cc1ccc(-c2c3nc(c(-c4ccc(SC)cc4)c4ccc([nH]4)c(-c4ccc(C#Cc5ccc(-c6c7nc(c(-c8ccc(SC)cc8)c8ccc([nH]8)c(-c8c(C)cc(C)cc8C)c8nc(c(C)c9ccc6[nH]9)C=C8)C=C7)cc5)cc4)c4nc(c(C)c5ccc2[nH]5)C=C4)C=C3)cc1. The zero-order valence-corrected chi connectivity index (χ0v) is 57.2. The van der Waals surface area contributed by atoms with E-state index < -0.39 is 0 Å². The molecular weight excluding hydrogens is 1230 g/mol. The molecule has 6 aromatic heterocycles. The number of hydrogen-bond donors (Lipinski definition) is 4. The number of thioether (sulfide) groups is 2. The van der Waals surface area contributed by atoms with Gasteiger partial charge in [0.15, 0.2) is 0 Å². The Kier molecular flexibility index (Phi) is 15.9. The second kappa shape index (κ2) is 25.5. The Morgan fingerprint density at radius 1 is 0.276 bits per heavy atom. The Morgan fingerprint density at radius 3 is 0.847 bits per heavy atom. The Morgan fingerprint density at radius 2 is 0.531 bits per heavy atom. The summed E-state index contributed by atoms with van der Waals surface area (Å²) in [6.45, 7) is 12.7. The molecule has 0 atom stereocenters. The van der Waals surface area contributed by atoms with Crippen LogP contribution >= 0.6 is 23.5 Å². The fraction of sp³-hybridized carbons (Fsp3) is 0.0909. The molecule has 8 nitrogen and oxygen atoms in total. The van der Waals surface area contributed by atoms with Gasteiger partial charge in [0.1, 0.15) is 0 Å². The van der Waals surface area contributed by atoms with E-state index in [0.29, 0.717) is 0 Å². The Bertz CT molecular complexity index is 5900. The summed E-state index contributed by atoms with van der Waals surface area (Å²) in [5.41, 5.74) is 35.6. The zero-order valence-electron chi connectivity index (χ0n) is 55.5. The van der Waals surface area contributed by atoms with Crippen molar-refractivity contribution in [3.05, 3.63) is 272 Å². The van der Waals surface area contributed by atoms with E-state index in [1.807, 2.05) is 6.92 Å². The first-order valence-corrected chi connectivity index (χ1v) is 35.3. The Hall–Kier alpha value is -11.7. The van der Waals surface area contributed by atoms with Crippen molar-refractivity contribution >= 4 is 116 Å². The van der Waals surface area contributed by atoms with Crippen LogP contribution in [-0.2, 0) is 0 Å². The maximum atomic E-state index is 5.55. The van der Waals surface area contributed by atoms with E-state index in [2.05, 4.69) is 321 Å². The van der Waals surface area contributed by atoms with Crippen LogP contribution in [0.2, 0.25) is 0 Å². The third-order valence-electron chi connectivity index (χ3n) is 18.9. The average Bonchev–Trinajstić information content (AvgIpc) is 1.61. The first-order valence-electron chi connectivity index (χ1n) is 32.8. The van der Waals surface area contributed by atoms with Gasteiger partial charge in [0, 0.05) is 104 Å². The average molecular weight is 1300 g/mol. The van der Waals surface area contributed by atoms with Gasteiger partial charge < -0.3 is 19.9 Å². The summed E-state index contributed by atoms with van der Waals surface area (Å²) in [4.78, 5) is 39.7. The lowest BCUT2D eigenvalue weighted by molar-refractivity contribution is 1.26. The summed E-state index contributed by atoms with van der Waals surface area (Å²) in [6.07, 6.45) is 21.4. The van der Waals surface area contributed by atoms with Gasteiger partial charge in [-0.15, -0.1) is 29.4 Å². The minimum Gasteiger partial charge on any atom is -0.355 e. The molecule has 0 spiro atoms. The van der Waals surface area contributed by atoms with Gasteiger partial charge >= 0.3 is 0 Å². The van der Waals surface area contributed by atoms with Gasteiger partial charge in [0.2, 0.25) is 0 Å². The molecule has 0 aliphatic carbocycles. The van der Waals surface area contributed by atoms with Crippen LogP contribution in [0.1, 0.15) is 97.0 Å². The molecule has 4 aliphatic heterocycles. The number of rotatable bonds is 8. The van der Waals surface area contributed by atoms with Crippen LogP contribution in [0, 0.1) is 58.3 Å². The standard InChI is InChI=1S/C88H66N8S2/c1-9-10-56-13-19-59(20-14-56)83-70-37-33-66(89-70)54(5)67-34-38-71(90-67)84(74-42-45-77(94-74)86(76-44-41-73(83)93-76)62-25-29-64(97-7)30-26-62)60-21-15-57(16-22-60)11-12-58-17-23-61(24-18-58)85-72-39-35-68(91-72)55(6)69-36-40-80(92-69)88(82-52(3)49-51(2)50-53(82)4)81-48-47-79(96-81)87(78-46-43-75(85)95-78)63-27-31-65(98-8)32-28-63/h13-50,89,91,94,96H,1-8H3. The van der Waals surface area contributed by atoms with Gasteiger partial charge in [-0.25, -0.2) is 19.9 Å². The predicted octanol–water partition coefficient (Wildman–Crippen LogP) is 22.4. The molecule has 0 unspecified atom stereocenters. The van der Waals surface area contributed by atoms with Crippen molar-refractivity contribution in [2.45, 2.75) is 51.3 Å². The van der Waals surface area contributed by atoms with E-state index in [1.165, 1.54) is 32.0 Å². The number of benzene rings is 6. The highest BCUT2D eigenvalue weighted by molar-refractivity contribution is 7.98. The van der Waals surface area contributed by atoms with Crippen LogP contribution in [0.25, 0.3) is 160 Å². The lowest BCUT2D eigenvalue weighted by Gasteiger charge is -2.13. The third-order valence-corrected chi connectivity index (χ3v) is 20.3. The highest BCUT2D eigenvalue weighted by Gasteiger charge is 2.22. The number of aromatic amines is 4. The highest BCUT2D eigenvalue weighted by atomic mass is 32.2. The molecule has 6 aromatic carbocycles. The Balaban J connectivity index is 0.793. The van der Waals surface area contributed by atoms with Crippen molar-refractivity contribution in [2.24, 2.45) is 0 Å². The molecule has 12 aromatic rings. The number of H-pyrrole nitrogens is 4. The van der Waals surface area contributed by atoms with E-state index in [4.69, 9.17) is 19.9 Å². The number of aryl methyl sites for hydroxylation is 5. The zero-order chi connectivity index (χ0) is 66.7. The largest absolute Gasteiger partial charge is 0.355 e. The molecule has 16 rings (SSSR count). The van der Waals surface area contributed by atoms with Crippen molar-refractivity contribution in [1.29, 1.82) is 0 Å². The molecule has 0 radical (unpaired) electrons. The van der Waals surface area contributed by atoms with Crippen LogP contribution in [-0.4, -0.2) is 52.4 Å². The molecular formula is C88H66N8S2. The quantitative estimate of drug-likeness (QED) is 0.0890. The summed E-state index contributed by atoms with van der Waals surface area (Å²) < 4.78 is 0. The Labute approximate surface area is 578 Å². The summed E-state index contributed by atoms with van der Waals surface area (Å²) in [5.74, 6) is 13.2. The number of hydrogen-bond acceptors (Lipinski definition) is 6. The maximum Gasteiger partial charge on any atom is 0.0737 e. The fourth-order valence-electron chi connectivity index (χ4n) is 14.0. The third kappa shape index (κ3) is 11.4. The van der Waals surface area contributed by atoms with Gasteiger partial charge in [-0.05, 0) is 267 Å². The van der Waals surface area contributed by atoms with Gasteiger partial charge in [0.25, 0.3) is 0 Å². The van der Waals surface area contributed by atoms with E-state index in [1.54, 1.807) is 23.5 Å². The lowest BCUT2D eigenvalue weighted by Crippen LogP contribution is -1.94. The molecule has 98 heavy (non-hydrogen) atoms. The van der Waals surface area contributed by atoms with Gasteiger partial charge in [-0.1, -0.05) is 96.1 Å². The van der Waals surface area contributed by atoms with Crippen molar-refractivity contribution < 1.29 is 0 Å². The van der Waals surface area contributed by atoms with Gasteiger partial charge in [-0.2, -0.15) is 0 Å². The number of nitrogens with zero attached hydrogens (tertiary/aromatic N) is 4. The molecule has 16 bridgehead atoms.